The lowest BCUT2D eigenvalue weighted by Gasteiger charge is -2.15. The molecule has 0 spiro atoms. The third kappa shape index (κ3) is 3.19. The van der Waals surface area contributed by atoms with Gasteiger partial charge in [0.2, 0.25) is 5.75 Å². The fraction of sp³-hybridized carbons (Fsp3) is 0. The van der Waals surface area contributed by atoms with Gasteiger partial charge in [0, 0.05) is 21.7 Å². The maximum Gasteiger partial charge on any atom is 0.311 e. The molecule has 2 aromatic carbocycles. The van der Waals surface area contributed by atoms with Crippen LogP contribution in [-0.4, -0.2) is 21.8 Å². The van der Waals surface area contributed by atoms with Crippen molar-refractivity contribution in [2.24, 2.45) is 0 Å². The number of hydrogen-bond acceptors (Lipinski definition) is 5. The zero-order chi connectivity index (χ0) is 19.0. The summed E-state index contributed by atoms with van der Waals surface area (Å²) in [6, 6.07) is 8.10. The first-order valence-electron chi connectivity index (χ1n) is 7.07. The Hall–Kier alpha value is -3.10. The number of carbonyl (C=O) groups excluding carboxylic acids is 2. The van der Waals surface area contributed by atoms with Gasteiger partial charge in [0.25, 0.3) is 11.8 Å². The molecule has 3 rings (SSSR count). The number of benzene rings is 2. The zero-order valence-electron chi connectivity index (χ0n) is 12.8. The summed E-state index contributed by atoms with van der Waals surface area (Å²) in [7, 11) is 0. The summed E-state index contributed by atoms with van der Waals surface area (Å²) in [5.74, 6) is -2.11. The number of hydrazine groups is 1. The molecule has 0 aromatic heterocycles. The number of amides is 2. The minimum atomic E-state index is -0.770. The Bertz CT molecular complexity index is 970. The SMILES string of the molecule is O=C1NN(c2cc(Cl)cc(Cl)c2)C(=O)/C1=C/c1cccc([N+](=O)[O-])c1O. The van der Waals surface area contributed by atoms with Crippen molar-refractivity contribution in [1.82, 2.24) is 5.43 Å². The number of nitro groups is 1. The average Bonchev–Trinajstić information content (AvgIpc) is 2.83. The second kappa shape index (κ2) is 6.66. The molecule has 1 fully saturated rings. The normalized spacial score (nSPS) is 15.5. The van der Waals surface area contributed by atoms with Crippen LogP contribution in [0, 0.1) is 10.1 Å². The Morgan fingerprint density at radius 1 is 1.15 bits per heavy atom. The van der Waals surface area contributed by atoms with Crippen molar-refractivity contribution in [3.8, 4) is 5.75 Å². The third-order valence-electron chi connectivity index (χ3n) is 3.54. The van der Waals surface area contributed by atoms with Crippen molar-refractivity contribution in [3.05, 3.63) is 67.7 Å². The summed E-state index contributed by atoms with van der Waals surface area (Å²) in [5, 5.41) is 22.3. The molecule has 2 amide bonds. The lowest BCUT2D eigenvalue weighted by Crippen LogP contribution is -2.35. The van der Waals surface area contributed by atoms with Crippen molar-refractivity contribution in [3.63, 3.8) is 0 Å². The van der Waals surface area contributed by atoms with Crippen molar-refractivity contribution in [1.29, 1.82) is 0 Å². The third-order valence-corrected chi connectivity index (χ3v) is 3.98. The highest BCUT2D eigenvalue weighted by Crippen LogP contribution is 2.32. The van der Waals surface area contributed by atoms with E-state index in [4.69, 9.17) is 23.2 Å². The number of phenolic OH excluding ortho intramolecular Hbond substituents is 1. The van der Waals surface area contributed by atoms with Crippen LogP contribution in [0.4, 0.5) is 11.4 Å². The number of phenols is 1. The van der Waals surface area contributed by atoms with Gasteiger partial charge in [-0.25, -0.2) is 5.01 Å². The summed E-state index contributed by atoms with van der Waals surface area (Å²) < 4.78 is 0. The van der Waals surface area contributed by atoms with Crippen molar-refractivity contribution < 1.29 is 19.6 Å². The standard InChI is InChI=1S/C16H9Cl2N3O5/c17-9-5-10(18)7-11(6-9)20-16(24)12(15(23)19-20)4-8-2-1-3-13(14(8)22)21(25)26/h1-7,22H,(H,19,23)/b12-4+. The van der Waals surface area contributed by atoms with Crippen LogP contribution in [0.25, 0.3) is 6.08 Å². The number of nitrogens with one attached hydrogen (secondary N) is 1. The van der Waals surface area contributed by atoms with Crippen molar-refractivity contribution in [2.45, 2.75) is 0 Å². The highest BCUT2D eigenvalue weighted by Gasteiger charge is 2.35. The maximum absolute atomic E-state index is 12.5. The first kappa shape index (κ1) is 17.7. The summed E-state index contributed by atoms with van der Waals surface area (Å²) in [6.45, 7) is 0. The molecule has 1 saturated heterocycles. The molecule has 0 unspecified atom stereocenters. The molecule has 26 heavy (non-hydrogen) atoms. The molecular formula is C16H9Cl2N3O5. The van der Waals surface area contributed by atoms with E-state index in [0.717, 1.165) is 17.2 Å². The van der Waals surface area contributed by atoms with Crippen LogP contribution >= 0.6 is 23.2 Å². The molecular weight excluding hydrogens is 385 g/mol. The lowest BCUT2D eigenvalue weighted by atomic mass is 10.1. The molecule has 1 aliphatic rings. The van der Waals surface area contributed by atoms with Gasteiger partial charge in [-0.05, 0) is 24.3 Å². The Kier molecular flexibility index (Phi) is 4.54. The minimum absolute atomic E-state index is 0.0383. The number of rotatable bonds is 3. The number of anilines is 1. The predicted octanol–water partition coefficient (Wildman–Crippen LogP) is 3.07. The molecule has 0 radical (unpaired) electrons. The molecule has 2 N–H and O–H groups in total. The van der Waals surface area contributed by atoms with E-state index < -0.39 is 28.2 Å². The second-order valence-electron chi connectivity index (χ2n) is 5.24. The van der Waals surface area contributed by atoms with Gasteiger partial charge in [0.15, 0.2) is 0 Å². The topological polar surface area (TPSA) is 113 Å². The highest BCUT2D eigenvalue weighted by atomic mass is 35.5. The molecule has 8 nitrogen and oxygen atoms in total. The molecule has 1 heterocycles. The van der Waals surface area contributed by atoms with Gasteiger partial charge in [0.1, 0.15) is 5.57 Å². The number of nitro benzene ring substituents is 1. The molecule has 1 aliphatic heterocycles. The zero-order valence-corrected chi connectivity index (χ0v) is 14.3. The van der Waals surface area contributed by atoms with Crippen LogP contribution < -0.4 is 10.4 Å². The van der Waals surface area contributed by atoms with Crippen molar-refractivity contribution >= 4 is 52.5 Å². The Balaban J connectivity index is 2.01. The molecule has 10 heteroatoms. The summed E-state index contributed by atoms with van der Waals surface area (Å²) in [6.07, 6.45) is 1.08. The summed E-state index contributed by atoms with van der Waals surface area (Å²) >= 11 is 11.8. The fourth-order valence-corrected chi connectivity index (χ4v) is 2.89. The Labute approximate surface area is 156 Å². The van der Waals surface area contributed by atoms with Gasteiger partial charge in [-0.3, -0.25) is 25.1 Å². The van der Waals surface area contributed by atoms with E-state index in [0.29, 0.717) is 0 Å². The van der Waals surface area contributed by atoms with E-state index in [-0.39, 0.29) is 26.9 Å². The molecule has 0 bridgehead atoms. The molecule has 0 atom stereocenters. The Morgan fingerprint density at radius 2 is 1.81 bits per heavy atom. The Morgan fingerprint density at radius 3 is 2.42 bits per heavy atom. The number of nitrogens with zero attached hydrogens (tertiary/aromatic N) is 2. The number of aromatic hydroxyl groups is 1. The summed E-state index contributed by atoms with van der Waals surface area (Å²) in [4.78, 5) is 34.8. The smallest absolute Gasteiger partial charge is 0.311 e. The molecule has 0 saturated carbocycles. The van der Waals surface area contributed by atoms with Gasteiger partial charge in [0.05, 0.1) is 10.6 Å². The number of halogens is 2. The molecule has 132 valence electrons. The first-order valence-corrected chi connectivity index (χ1v) is 7.83. The minimum Gasteiger partial charge on any atom is -0.502 e. The van der Waals surface area contributed by atoms with Crippen LogP contribution in [0.5, 0.6) is 5.75 Å². The van der Waals surface area contributed by atoms with E-state index in [2.05, 4.69) is 5.43 Å². The quantitative estimate of drug-likeness (QED) is 0.360. The van der Waals surface area contributed by atoms with Crippen LogP contribution in [0.3, 0.4) is 0 Å². The molecule has 0 aliphatic carbocycles. The van der Waals surface area contributed by atoms with Crippen LogP contribution in [0.15, 0.2) is 42.0 Å². The largest absolute Gasteiger partial charge is 0.502 e. The van der Waals surface area contributed by atoms with E-state index in [1.807, 2.05) is 0 Å². The number of hydrogen-bond donors (Lipinski definition) is 2. The van der Waals surface area contributed by atoms with Crippen LogP contribution in [-0.2, 0) is 9.59 Å². The maximum atomic E-state index is 12.5. The fourth-order valence-electron chi connectivity index (χ4n) is 2.38. The second-order valence-corrected chi connectivity index (χ2v) is 6.11. The van der Waals surface area contributed by atoms with Gasteiger partial charge >= 0.3 is 5.69 Å². The molecule has 2 aromatic rings. The van der Waals surface area contributed by atoms with Crippen LogP contribution in [0.2, 0.25) is 10.0 Å². The first-order chi connectivity index (χ1) is 12.3. The van der Waals surface area contributed by atoms with E-state index >= 15 is 0 Å². The predicted molar refractivity (Wildman–Crippen MR) is 94.8 cm³/mol. The van der Waals surface area contributed by atoms with Crippen LogP contribution in [0.1, 0.15) is 5.56 Å². The lowest BCUT2D eigenvalue weighted by molar-refractivity contribution is -0.385. The van der Waals surface area contributed by atoms with Gasteiger partial charge in [-0.15, -0.1) is 0 Å². The van der Waals surface area contributed by atoms with E-state index in [1.165, 1.54) is 30.3 Å². The average molecular weight is 394 g/mol. The summed E-state index contributed by atoms with van der Waals surface area (Å²) in [5.41, 5.74) is 1.70. The van der Waals surface area contributed by atoms with E-state index in [9.17, 15) is 24.8 Å². The number of carbonyl (C=O) groups is 2. The van der Waals surface area contributed by atoms with Gasteiger partial charge in [-0.2, -0.15) is 0 Å². The van der Waals surface area contributed by atoms with E-state index in [1.54, 1.807) is 0 Å². The number of para-hydroxylation sites is 1. The van der Waals surface area contributed by atoms with Gasteiger partial charge < -0.3 is 5.11 Å². The van der Waals surface area contributed by atoms with Gasteiger partial charge in [-0.1, -0.05) is 35.3 Å². The monoisotopic (exact) mass is 393 g/mol. The van der Waals surface area contributed by atoms with Crippen molar-refractivity contribution in [2.75, 3.05) is 5.01 Å². The highest BCUT2D eigenvalue weighted by molar-refractivity contribution is 6.36.